The minimum Gasteiger partial charge on any atom is -0.508 e. The molecule has 2 amide bonds. The Bertz CT molecular complexity index is 1070. The normalized spacial score (nSPS) is 18.4. The summed E-state index contributed by atoms with van der Waals surface area (Å²) in [7, 11) is 0. The van der Waals surface area contributed by atoms with E-state index >= 15 is 0 Å². The van der Waals surface area contributed by atoms with Crippen molar-refractivity contribution >= 4 is 17.6 Å². The quantitative estimate of drug-likeness (QED) is 0.708. The molecule has 7 nitrogen and oxygen atoms in total. The molecule has 2 aliphatic heterocycles. The molecule has 2 atom stereocenters. The number of phenols is 1. The van der Waals surface area contributed by atoms with E-state index in [1.54, 1.807) is 36.4 Å². The number of nitrogens with zero attached hydrogens (tertiary/aromatic N) is 1. The first-order valence-electron chi connectivity index (χ1n) is 11.2. The van der Waals surface area contributed by atoms with Crippen molar-refractivity contribution in [2.24, 2.45) is 0 Å². The van der Waals surface area contributed by atoms with Gasteiger partial charge in [-0.05, 0) is 53.8 Å². The van der Waals surface area contributed by atoms with Crippen molar-refractivity contribution in [2.45, 2.75) is 44.7 Å². The van der Waals surface area contributed by atoms with E-state index < -0.39 is 12.1 Å². The molecule has 33 heavy (non-hydrogen) atoms. The van der Waals surface area contributed by atoms with Crippen molar-refractivity contribution in [1.82, 2.24) is 10.2 Å². The van der Waals surface area contributed by atoms with Crippen LogP contribution in [0, 0.1) is 0 Å². The number of carbonyl (C=O) groups excluding carboxylic acids is 3. The second-order valence-corrected chi connectivity index (χ2v) is 8.76. The molecule has 1 saturated heterocycles. The topological polar surface area (TPSA) is 95.9 Å². The van der Waals surface area contributed by atoms with E-state index in [1.165, 1.54) is 4.90 Å². The van der Waals surface area contributed by atoms with E-state index in [0.717, 1.165) is 11.1 Å². The van der Waals surface area contributed by atoms with Gasteiger partial charge in [-0.1, -0.05) is 38.1 Å². The van der Waals surface area contributed by atoms with Crippen molar-refractivity contribution in [3.63, 3.8) is 0 Å². The number of Topliss-reactive ketones (excluding diaryl/α,β-unsaturated/α-hetero) is 1. The lowest BCUT2D eigenvalue weighted by Gasteiger charge is -2.33. The zero-order chi connectivity index (χ0) is 23.5. The summed E-state index contributed by atoms with van der Waals surface area (Å²) in [5, 5.41) is 12.5. The molecule has 0 aliphatic carbocycles. The number of nitrogens with one attached hydrogen (secondary N) is 1. The lowest BCUT2D eigenvalue weighted by Crippen LogP contribution is -2.55. The first kappa shape index (κ1) is 22.6. The number of carbonyl (C=O) groups is 3. The van der Waals surface area contributed by atoms with Gasteiger partial charge in [-0.2, -0.15) is 0 Å². The highest BCUT2D eigenvalue weighted by Crippen LogP contribution is 2.26. The average Bonchev–Trinajstić information content (AvgIpc) is 3.20. The van der Waals surface area contributed by atoms with E-state index in [2.05, 4.69) is 19.2 Å². The molecule has 7 heteroatoms. The molecule has 1 fully saturated rings. The maximum atomic E-state index is 13.6. The van der Waals surface area contributed by atoms with Crippen LogP contribution in [0.5, 0.6) is 5.75 Å². The van der Waals surface area contributed by atoms with Gasteiger partial charge < -0.3 is 20.1 Å². The number of rotatable bonds is 6. The van der Waals surface area contributed by atoms with Crippen molar-refractivity contribution in [3.8, 4) is 5.75 Å². The number of hydrogen-bond acceptors (Lipinski definition) is 5. The summed E-state index contributed by atoms with van der Waals surface area (Å²) < 4.78 is 5.44. The van der Waals surface area contributed by atoms with Gasteiger partial charge in [0.15, 0.2) is 11.8 Å². The predicted molar refractivity (Wildman–Crippen MR) is 123 cm³/mol. The molecule has 0 radical (unpaired) electrons. The van der Waals surface area contributed by atoms with Gasteiger partial charge in [0.25, 0.3) is 5.91 Å². The van der Waals surface area contributed by atoms with Gasteiger partial charge in [0.2, 0.25) is 5.91 Å². The molecule has 2 heterocycles. The molecule has 0 aromatic heterocycles. The van der Waals surface area contributed by atoms with Crippen molar-refractivity contribution in [1.29, 1.82) is 0 Å². The van der Waals surface area contributed by atoms with Crippen LogP contribution < -0.4 is 5.32 Å². The van der Waals surface area contributed by atoms with Crippen LogP contribution in [-0.2, 0) is 20.7 Å². The number of hydrogen-bond donors (Lipinski definition) is 2. The Balaban J connectivity index is 1.58. The molecular weight excluding hydrogens is 420 g/mol. The van der Waals surface area contributed by atoms with E-state index in [4.69, 9.17) is 4.74 Å². The van der Waals surface area contributed by atoms with Crippen LogP contribution in [0.3, 0.4) is 0 Å². The molecule has 4 rings (SSSR count). The number of benzene rings is 2. The first-order valence-corrected chi connectivity index (χ1v) is 11.2. The second kappa shape index (κ2) is 9.48. The Morgan fingerprint density at radius 3 is 2.48 bits per heavy atom. The number of aromatic hydroxyl groups is 1. The van der Waals surface area contributed by atoms with Crippen LogP contribution in [-0.4, -0.2) is 52.8 Å². The Morgan fingerprint density at radius 2 is 1.82 bits per heavy atom. The zero-order valence-corrected chi connectivity index (χ0v) is 18.8. The van der Waals surface area contributed by atoms with E-state index in [0.29, 0.717) is 30.2 Å². The summed E-state index contributed by atoms with van der Waals surface area (Å²) in [5.74, 6) is 0.134. The Kier molecular flexibility index (Phi) is 6.49. The Morgan fingerprint density at radius 1 is 1.12 bits per heavy atom. The Hall–Kier alpha value is -3.61. The molecule has 2 aromatic carbocycles. The lowest BCUT2D eigenvalue weighted by molar-refractivity contribution is -0.139. The number of phenolic OH excluding ortho intramolecular Hbond substituents is 1. The standard InChI is InChI=1S/C26H28N2O5/c1-16(2)18-7-9-19(10-8-18)25(31)27-21(14-17-5-11-20(29)12-6-17)26(32)28-13-3-4-23-24(28)22(30)15-33-23/h4-12,16,21,24,29H,3,13-15H2,1-2H3,(H,27,31). The summed E-state index contributed by atoms with van der Waals surface area (Å²) in [5.41, 5.74) is 2.36. The SMILES string of the molecule is CC(C)c1ccc(C(=O)NC(Cc2ccc(O)cc2)C(=O)N2CCC=C3OCC(=O)C32)cc1. The third-order valence-corrected chi connectivity index (χ3v) is 6.08. The second-order valence-electron chi connectivity index (χ2n) is 8.76. The predicted octanol–water partition coefficient (Wildman–Crippen LogP) is 2.94. The first-order chi connectivity index (χ1) is 15.8. The molecule has 2 aliphatic rings. The minimum atomic E-state index is -0.875. The summed E-state index contributed by atoms with van der Waals surface area (Å²) in [4.78, 5) is 40.5. The number of ether oxygens (including phenoxy) is 1. The lowest BCUT2D eigenvalue weighted by atomic mass is 9.99. The highest BCUT2D eigenvalue weighted by molar-refractivity contribution is 5.99. The molecular formula is C26H28N2O5. The van der Waals surface area contributed by atoms with E-state index in [-0.39, 0.29) is 36.4 Å². The molecule has 0 spiro atoms. The fourth-order valence-corrected chi connectivity index (χ4v) is 4.21. The van der Waals surface area contributed by atoms with Gasteiger partial charge in [0.05, 0.1) is 0 Å². The number of ketones is 1. The molecule has 0 bridgehead atoms. The highest BCUT2D eigenvalue weighted by Gasteiger charge is 2.42. The molecule has 2 aromatic rings. The van der Waals surface area contributed by atoms with E-state index in [1.807, 2.05) is 18.2 Å². The summed E-state index contributed by atoms with van der Waals surface area (Å²) in [6.07, 6.45) is 2.66. The summed E-state index contributed by atoms with van der Waals surface area (Å²) in [6, 6.07) is 12.2. The highest BCUT2D eigenvalue weighted by atomic mass is 16.5. The zero-order valence-electron chi connectivity index (χ0n) is 18.8. The van der Waals surface area contributed by atoms with Crippen LogP contribution in [0.4, 0.5) is 0 Å². The smallest absolute Gasteiger partial charge is 0.251 e. The monoisotopic (exact) mass is 448 g/mol. The van der Waals surface area contributed by atoms with Crippen LogP contribution in [0.25, 0.3) is 0 Å². The maximum Gasteiger partial charge on any atom is 0.251 e. The molecule has 0 saturated carbocycles. The van der Waals surface area contributed by atoms with Gasteiger partial charge in [0.1, 0.15) is 24.2 Å². The van der Waals surface area contributed by atoms with Gasteiger partial charge >= 0.3 is 0 Å². The van der Waals surface area contributed by atoms with Crippen LogP contribution in [0.15, 0.2) is 60.4 Å². The molecule has 172 valence electrons. The van der Waals surface area contributed by atoms with Crippen LogP contribution in [0.1, 0.15) is 47.7 Å². The largest absolute Gasteiger partial charge is 0.508 e. The fraction of sp³-hybridized carbons (Fsp3) is 0.346. The summed E-state index contributed by atoms with van der Waals surface area (Å²) >= 11 is 0. The molecule has 2 N–H and O–H groups in total. The van der Waals surface area contributed by atoms with Crippen LogP contribution in [0.2, 0.25) is 0 Å². The fourth-order valence-electron chi connectivity index (χ4n) is 4.21. The molecule has 2 unspecified atom stereocenters. The van der Waals surface area contributed by atoms with Crippen LogP contribution >= 0.6 is 0 Å². The summed E-state index contributed by atoms with van der Waals surface area (Å²) in [6.45, 7) is 4.50. The van der Waals surface area contributed by atoms with Gasteiger partial charge in [-0.15, -0.1) is 0 Å². The van der Waals surface area contributed by atoms with Crippen molar-refractivity contribution in [2.75, 3.05) is 13.2 Å². The van der Waals surface area contributed by atoms with Crippen molar-refractivity contribution in [3.05, 3.63) is 77.1 Å². The third kappa shape index (κ3) is 4.92. The van der Waals surface area contributed by atoms with Crippen molar-refractivity contribution < 1.29 is 24.2 Å². The van der Waals surface area contributed by atoms with Gasteiger partial charge in [-0.3, -0.25) is 14.4 Å². The third-order valence-electron chi connectivity index (χ3n) is 6.08. The minimum absolute atomic E-state index is 0.0442. The maximum absolute atomic E-state index is 13.6. The average molecular weight is 449 g/mol. The van der Waals surface area contributed by atoms with Gasteiger partial charge in [0, 0.05) is 18.5 Å². The Labute approximate surface area is 193 Å². The number of fused-ring (bicyclic) bond motifs is 1. The number of amides is 2. The van der Waals surface area contributed by atoms with E-state index in [9.17, 15) is 19.5 Å². The van der Waals surface area contributed by atoms with Gasteiger partial charge in [-0.25, -0.2) is 0 Å².